The fraction of sp³-hybridized carbons (Fsp3) is 1.00. The van der Waals surface area contributed by atoms with Crippen molar-refractivity contribution in [3.8, 4) is 0 Å². The minimum atomic E-state index is 0.479. The summed E-state index contributed by atoms with van der Waals surface area (Å²) in [6, 6.07) is 0. The van der Waals surface area contributed by atoms with Gasteiger partial charge in [0.15, 0.2) is 0 Å². The molecule has 1 aliphatic rings. The molecule has 0 aromatic rings. The summed E-state index contributed by atoms with van der Waals surface area (Å²) in [5.41, 5.74) is 1.04. The highest BCUT2D eigenvalue weighted by atomic mass is 15.1. The van der Waals surface area contributed by atoms with E-state index in [1.807, 2.05) is 0 Å². The second kappa shape index (κ2) is 3.61. The van der Waals surface area contributed by atoms with Gasteiger partial charge in [-0.3, -0.25) is 0 Å². The number of nitrogens with zero attached hydrogens (tertiary/aromatic N) is 1. The fourth-order valence-electron chi connectivity index (χ4n) is 3.01. The van der Waals surface area contributed by atoms with Crippen LogP contribution in [0.3, 0.4) is 0 Å². The van der Waals surface area contributed by atoms with Gasteiger partial charge in [-0.25, -0.2) is 0 Å². The summed E-state index contributed by atoms with van der Waals surface area (Å²) >= 11 is 0. The number of hydrogen-bond donors (Lipinski definition) is 0. The molecule has 0 aliphatic carbocycles. The van der Waals surface area contributed by atoms with E-state index in [1.54, 1.807) is 0 Å². The normalized spacial score (nSPS) is 32.1. The van der Waals surface area contributed by atoms with Crippen molar-refractivity contribution in [2.24, 2.45) is 10.8 Å². The van der Waals surface area contributed by atoms with E-state index < -0.39 is 0 Å². The Morgan fingerprint density at radius 3 is 2.38 bits per heavy atom. The zero-order valence-electron chi connectivity index (χ0n) is 9.98. The summed E-state index contributed by atoms with van der Waals surface area (Å²) in [5.74, 6) is 0. The first kappa shape index (κ1) is 11.0. The van der Waals surface area contributed by atoms with E-state index in [0.29, 0.717) is 10.8 Å². The third kappa shape index (κ3) is 3.68. The first-order valence-electron chi connectivity index (χ1n) is 5.49. The molecule has 0 aromatic heterocycles. The van der Waals surface area contributed by atoms with Gasteiger partial charge in [0.2, 0.25) is 0 Å². The van der Waals surface area contributed by atoms with Crippen molar-refractivity contribution in [3.63, 3.8) is 0 Å². The van der Waals surface area contributed by atoms with E-state index in [1.165, 1.54) is 32.4 Å². The summed E-state index contributed by atoms with van der Waals surface area (Å²) < 4.78 is 0. The highest BCUT2D eigenvalue weighted by Gasteiger charge is 2.33. The Morgan fingerprint density at radius 1 is 1.31 bits per heavy atom. The van der Waals surface area contributed by atoms with Gasteiger partial charge in [-0.1, -0.05) is 27.7 Å². The molecule has 1 fully saturated rings. The van der Waals surface area contributed by atoms with Crippen LogP contribution in [0.1, 0.15) is 47.0 Å². The Bertz CT molecular complexity index is 168. The summed E-state index contributed by atoms with van der Waals surface area (Å²) in [5, 5.41) is 0. The van der Waals surface area contributed by atoms with Gasteiger partial charge in [0.1, 0.15) is 0 Å². The number of likely N-dealkylation sites (tertiary alicyclic amines) is 1. The number of hydrogen-bond acceptors (Lipinski definition) is 1. The largest absolute Gasteiger partial charge is 0.306 e. The van der Waals surface area contributed by atoms with Crippen molar-refractivity contribution in [1.29, 1.82) is 0 Å². The molecule has 78 valence electrons. The molecule has 1 heterocycles. The molecule has 0 radical (unpaired) electrons. The molecular formula is C12H25N. The van der Waals surface area contributed by atoms with Gasteiger partial charge in [0, 0.05) is 6.54 Å². The molecule has 1 nitrogen and oxygen atoms in total. The Balaban J connectivity index is 2.54. The van der Waals surface area contributed by atoms with Gasteiger partial charge in [-0.05, 0) is 43.7 Å². The van der Waals surface area contributed by atoms with Crippen molar-refractivity contribution in [1.82, 2.24) is 4.90 Å². The average molecular weight is 183 g/mol. The van der Waals surface area contributed by atoms with Crippen molar-refractivity contribution in [2.45, 2.75) is 47.0 Å². The van der Waals surface area contributed by atoms with Gasteiger partial charge in [0.05, 0.1) is 0 Å². The van der Waals surface area contributed by atoms with Crippen LogP contribution in [0.4, 0.5) is 0 Å². The van der Waals surface area contributed by atoms with Gasteiger partial charge in [-0.2, -0.15) is 0 Å². The van der Waals surface area contributed by atoms with E-state index in [0.717, 1.165) is 0 Å². The lowest BCUT2D eigenvalue weighted by molar-refractivity contribution is 0.0806. The molecule has 1 atom stereocenters. The van der Waals surface area contributed by atoms with Gasteiger partial charge in [0.25, 0.3) is 0 Å². The lowest BCUT2D eigenvalue weighted by atomic mass is 9.71. The Morgan fingerprint density at radius 2 is 1.92 bits per heavy atom. The summed E-state index contributed by atoms with van der Waals surface area (Å²) in [6.07, 6.45) is 4.14. The topological polar surface area (TPSA) is 3.24 Å². The van der Waals surface area contributed by atoms with Gasteiger partial charge >= 0.3 is 0 Å². The van der Waals surface area contributed by atoms with Crippen molar-refractivity contribution in [2.75, 3.05) is 20.1 Å². The van der Waals surface area contributed by atoms with Crippen LogP contribution >= 0.6 is 0 Å². The highest BCUT2D eigenvalue weighted by Crippen LogP contribution is 2.39. The summed E-state index contributed by atoms with van der Waals surface area (Å²) in [6.45, 7) is 12.1. The van der Waals surface area contributed by atoms with Crippen LogP contribution in [0.15, 0.2) is 0 Å². The van der Waals surface area contributed by atoms with Gasteiger partial charge < -0.3 is 4.90 Å². The Labute approximate surface area is 83.5 Å². The third-order valence-electron chi connectivity index (χ3n) is 2.93. The third-order valence-corrected chi connectivity index (χ3v) is 2.93. The Hall–Kier alpha value is -0.0400. The SMILES string of the molecule is CN1CCCC(C)(CC(C)(C)C)C1. The van der Waals surface area contributed by atoms with Crippen molar-refractivity contribution in [3.05, 3.63) is 0 Å². The van der Waals surface area contributed by atoms with Crippen LogP contribution < -0.4 is 0 Å². The molecule has 0 amide bonds. The molecule has 0 bridgehead atoms. The van der Waals surface area contributed by atoms with E-state index >= 15 is 0 Å². The quantitative estimate of drug-likeness (QED) is 0.603. The fourth-order valence-corrected chi connectivity index (χ4v) is 3.01. The van der Waals surface area contributed by atoms with E-state index in [9.17, 15) is 0 Å². The maximum absolute atomic E-state index is 2.48. The second-order valence-corrected chi connectivity index (χ2v) is 6.39. The van der Waals surface area contributed by atoms with Crippen LogP contribution in [0.2, 0.25) is 0 Å². The monoisotopic (exact) mass is 183 g/mol. The van der Waals surface area contributed by atoms with E-state index in [-0.39, 0.29) is 0 Å². The minimum Gasteiger partial charge on any atom is -0.306 e. The first-order valence-corrected chi connectivity index (χ1v) is 5.49. The van der Waals surface area contributed by atoms with Crippen LogP contribution in [0, 0.1) is 10.8 Å². The second-order valence-electron chi connectivity index (χ2n) is 6.39. The minimum absolute atomic E-state index is 0.479. The lowest BCUT2D eigenvalue weighted by Gasteiger charge is -2.42. The number of rotatable bonds is 1. The summed E-state index contributed by atoms with van der Waals surface area (Å²) in [4.78, 5) is 2.48. The molecule has 1 heteroatoms. The maximum atomic E-state index is 2.48. The molecule has 0 spiro atoms. The highest BCUT2D eigenvalue weighted by molar-refractivity contribution is 4.85. The van der Waals surface area contributed by atoms with E-state index in [4.69, 9.17) is 0 Å². The van der Waals surface area contributed by atoms with E-state index in [2.05, 4.69) is 39.6 Å². The molecule has 1 rings (SSSR count). The van der Waals surface area contributed by atoms with Crippen LogP contribution in [-0.2, 0) is 0 Å². The standard InChI is InChI=1S/C12H25N/c1-11(2,3)9-12(4)7-6-8-13(5)10-12/h6-10H2,1-5H3. The van der Waals surface area contributed by atoms with Crippen molar-refractivity contribution < 1.29 is 0 Å². The zero-order chi connectivity index (χ0) is 10.1. The lowest BCUT2D eigenvalue weighted by Crippen LogP contribution is -2.41. The zero-order valence-corrected chi connectivity index (χ0v) is 9.98. The van der Waals surface area contributed by atoms with Crippen LogP contribution in [-0.4, -0.2) is 25.0 Å². The Kier molecular flexibility index (Phi) is 3.06. The van der Waals surface area contributed by atoms with Crippen LogP contribution in [0.5, 0.6) is 0 Å². The van der Waals surface area contributed by atoms with Crippen LogP contribution in [0.25, 0.3) is 0 Å². The predicted molar refractivity (Wildman–Crippen MR) is 58.9 cm³/mol. The van der Waals surface area contributed by atoms with Gasteiger partial charge in [-0.15, -0.1) is 0 Å². The van der Waals surface area contributed by atoms with Crippen molar-refractivity contribution >= 4 is 0 Å². The molecule has 1 aliphatic heterocycles. The molecule has 13 heavy (non-hydrogen) atoms. The maximum Gasteiger partial charge on any atom is 0.00325 e. The summed E-state index contributed by atoms with van der Waals surface area (Å²) in [7, 11) is 2.25. The molecule has 1 unspecified atom stereocenters. The smallest absolute Gasteiger partial charge is 0.00325 e. The molecule has 0 saturated carbocycles. The molecule has 0 N–H and O–H groups in total. The molecule has 1 saturated heterocycles. The number of piperidine rings is 1. The average Bonchev–Trinajstić information content (AvgIpc) is 1.79. The molecular weight excluding hydrogens is 158 g/mol. The predicted octanol–water partition coefficient (Wildman–Crippen LogP) is 3.15. The first-order chi connectivity index (χ1) is 5.81. The molecule has 0 aromatic carbocycles.